The fourth-order valence-electron chi connectivity index (χ4n) is 1.71. The molecule has 1 rings (SSSR count). The first-order chi connectivity index (χ1) is 5.77. The van der Waals surface area contributed by atoms with Crippen molar-refractivity contribution in [3.8, 4) is 0 Å². The molecule has 1 fully saturated rings. The molecule has 2 unspecified atom stereocenters. The smallest absolute Gasteiger partial charge is 0.308 e. The molecule has 0 aromatic carbocycles. The van der Waals surface area contributed by atoms with Crippen LogP contribution < -0.4 is 0 Å². The van der Waals surface area contributed by atoms with Crippen LogP contribution in [0.2, 0.25) is 0 Å². The number of ether oxygens (including phenoxy) is 1. The Hall–Kier alpha value is -0.570. The lowest BCUT2D eigenvalue weighted by molar-refractivity contribution is -0.147. The number of aliphatic hydroxyl groups is 1. The van der Waals surface area contributed by atoms with E-state index in [0.717, 1.165) is 19.3 Å². The molecule has 0 radical (unpaired) electrons. The third-order valence-corrected chi connectivity index (χ3v) is 2.42. The average molecular weight is 172 g/mol. The van der Waals surface area contributed by atoms with E-state index in [-0.39, 0.29) is 18.5 Å². The van der Waals surface area contributed by atoms with Gasteiger partial charge in [-0.15, -0.1) is 0 Å². The SMILES string of the molecule is CCOC(=O)C1CCC(CO)C1. The van der Waals surface area contributed by atoms with E-state index >= 15 is 0 Å². The number of carbonyl (C=O) groups excluding carboxylic acids is 1. The van der Waals surface area contributed by atoms with Gasteiger partial charge in [0.25, 0.3) is 0 Å². The van der Waals surface area contributed by atoms with E-state index in [9.17, 15) is 4.79 Å². The highest BCUT2D eigenvalue weighted by atomic mass is 16.5. The summed E-state index contributed by atoms with van der Waals surface area (Å²) in [7, 11) is 0. The molecule has 0 heterocycles. The van der Waals surface area contributed by atoms with Crippen molar-refractivity contribution in [2.75, 3.05) is 13.2 Å². The molecule has 1 N–H and O–H groups in total. The summed E-state index contributed by atoms with van der Waals surface area (Å²) < 4.78 is 4.90. The van der Waals surface area contributed by atoms with Crippen LogP contribution in [0, 0.1) is 11.8 Å². The lowest BCUT2D eigenvalue weighted by atomic mass is 10.1. The van der Waals surface area contributed by atoms with Gasteiger partial charge in [-0.25, -0.2) is 0 Å². The number of hydrogen-bond acceptors (Lipinski definition) is 3. The first-order valence-electron chi connectivity index (χ1n) is 4.55. The molecule has 0 saturated heterocycles. The summed E-state index contributed by atoms with van der Waals surface area (Å²) in [5.74, 6) is 0.273. The number of rotatable bonds is 3. The van der Waals surface area contributed by atoms with Gasteiger partial charge in [-0.05, 0) is 32.1 Å². The molecule has 0 aromatic rings. The number of esters is 1. The van der Waals surface area contributed by atoms with Crippen molar-refractivity contribution >= 4 is 5.97 Å². The quantitative estimate of drug-likeness (QED) is 0.645. The highest BCUT2D eigenvalue weighted by molar-refractivity contribution is 5.72. The van der Waals surface area contributed by atoms with E-state index in [4.69, 9.17) is 9.84 Å². The summed E-state index contributed by atoms with van der Waals surface area (Å²) >= 11 is 0. The molecule has 3 nitrogen and oxygen atoms in total. The van der Waals surface area contributed by atoms with Gasteiger partial charge in [-0.2, -0.15) is 0 Å². The van der Waals surface area contributed by atoms with Gasteiger partial charge in [-0.1, -0.05) is 0 Å². The van der Waals surface area contributed by atoms with Gasteiger partial charge >= 0.3 is 5.97 Å². The van der Waals surface area contributed by atoms with Crippen molar-refractivity contribution < 1.29 is 14.6 Å². The zero-order valence-electron chi connectivity index (χ0n) is 7.45. The lowest BCUT2D eigenvalue weighted by Gasteiger charge is -2.08. The monoisotopic (exact) mass is 172 g/mol. The number of hydrogen-bond donors (Lipinski definition) is 1. The zero-order valence-corrected chi connectivity index (χ0v) is 7.45. The summed E-state index contributed by atoms with van der Waals surface area (Å²) in [6.45, 7) is 2.48. The maximum Gasteiger partial charge on any atom is 0.308 e. The molecular weight excluding hydrogens is 156 g/mol. The van der Waals surface area contributed by atoms with E-state index < -0.39 is 0 Å². The second kappa shape index (κ2) is 4.45. The normalized spacial score (nSPS) is 28.8. The zero-order chi connectivity index (χ0) is 8.97. The number of aliphatic hydroxyl groups excluding tert-OH is 1. The molecule has 0 bridgehead atoms. The van der Waals surface area contributed by atoms with E-state index in [2.05, 4.69) is 0 Å². The van der Waals surface area contributed by atoms with Gasteiger partial charge in [0, 0.05) is 6.61 Å². The molecular formula is C9H16O3. The Bertz CT molecular complexity index is 156. The molecule has 0 aliphatic heterocycles. The van der Waals surface area contributed by atoms with Crippen LogP contribution in [0.1, 0.15) is 26.2 Å². The second-order valence-electron chi connectivity index (χ2n) is 3.31. The fourth-order valence-corrected chi connectivity index (χ4v) is 1.71. The topological polar surface area (TPSA) is 46.5 Å². The van der Waals surface area contributed by atoms with Crippen LogP contribution in [0.5, 0.6) is 0 Å². The summed E-state index contributed by atoms with van der Waals surface area (Å²) in [4.78, 5) is 11.2. The molecule has 1 saturated carbocycles. The van der Waals surface area contributed by atoms with Gasteiger partial charge in [0.2, 0.25) is 0 Å². The fraction of sp³-hybridized carbons (Fsp3) is 0.889. The Balaban J connectivity index is 2.31. The van der Waals surface area contributed by atoms with Crippen molar-refractivity contribution in [2.24, 2.45) is 11.8 Å². The van der Waals surface area contributed by atoms with E-state index in [1.807, 2.05) is 6.92 Å². The molecule has 0 aromatic heterocycles. The van der Waals surface area contributed by atoms with Crippen molar-refractivity contribution in [1.29, 1.82) is 0 Å². The first kappa shape index (κ1) is 9.52. The van der Waals surface area contributed by atoms with Gasteiger partial charge in [0.15, 0.2) is 0 Å². The Morgan fingerprint density at radius 2 is 2.33 bits per heavy atom. The Morgan fingerprint density at radius 1 is 1.58 bits per heavy atom. The van der Waals surface area contributed by atoms with E-state index in [1.54, 1.807) is 0 Å². The van der Waals surface area contributed by atoms with Crippen molar-refractivity contribution in [3.63, 3.8) is 0 Å². The highest BCUT2D eigenvalue weighted by Crippen LogP contribution is 2.31. The van der Waals surface area contributed by atoms with Crippen molar-refractivity contribution in [1.82, 2.24) is 0 Å². The molecule has 0 spiro atoms. The van der Waals surface area contributed by atoms with Crippen LogP contribution in [0.25, 0.3) is 0 Å². The third-order valence-electron chi connectivity index (χ3n) is 2.42. The van der Waals surface area contributed by atoms with Crippen LogP contribution in [0.4, 0.5) is 0 Å². The van der Waals surface area contributed by atoms with Crippen molar-refractivity contribution in [2.45, 2.75) is 26.2 Å². The Morgan fingerprint density at radius 3 is 2.83 bits per heavy atom. The molecule has 12 heavy (non-hydrogen) atoms. The number of carbonyl (C=O) groups is 1. The predicted molar refractivity (Wildman–Crippen MR) is 44.5 cm³/mol. The van der Waals surface area contributed by atoms with Gasteiger partial charge < -0.3 is 9.84 Å². The predicted octanol–water partition coefficient (Wildman–Crippen LogP) is 0.958. The van der Waals surface area contributed by atoms with E-state index in [1.165, 1.54) is 0 Å². The summed E-state index contributed by atoms with van der Waals surface area (Å²) in [6, 6.07) is 0. The molecule has 3 heteroatoms. The minimum Gasteiger partial charge on any atom is -0.466 e. The third kappa shape index (κ3) is 2.21. The van der Waals surface area contributed by atoms with Crippen molar-refractivity contribution in [3.05, 3.63) is 0 Å². The van der Waals surface area contributed by atoms with Crippen LogP contribution in [-0.4, -0.2) is 24.3 Å². The summed E-state index contributed by atoms with van der Waals surface area (Å²) in [5, 5.41) is 8.84. The maximum absolute atomic E-state index is 11.2. The van der Waals surface area contributed by atoms with Crippen LogP contribution in [-0.2, 0) is 9.53 Å². The molecule has 70 valence electrons. The minimum atomic E-state index is -0.0894. The largest absolute Gasteiger partial charge is 0.466 e. The molecule has 2 atom stereocenters. The van der Waals surface area contributed by atoms with Crippen LogP contribution in [0.15, 0.2) is 0 Å². The summed E-state index contributed by atoms with van der Waals surface area (Å²) in [6.07, 6.45) is 2.64. The molecule has 1 aliphatic rings. The van der Waals surface area contributed by atoms with E-state index in [0.29, 0.717) is 12.5 Å². The average Bonchev–Trinajstić information content (AvgIpc) is 2.52. The second-order valence-corrected chi connectivity index (χ2v) is 3.31. The standard InChI is InChI=1S/C9H16O3/c1-2-12-9(11)8-4-3-7(5-8)6-10/h7-8,10H,2-6H2,1H3. The van der Waals surface area contributed by atoms with Gasteiger partial charge in [0.05, 0.1) is 12.5 Å². The van der Waals surface area contributed by atoms with Crippen LogP contribution in [0.3, 0.4) is 0 Å². The van der Waals surface area contributed by atoms with Crippen LogP contribution >= 0.6 is 0 Å². The van der Waals surface area contributed by atoms with Gasteiger partial charge in [0.1, 0.15) is 0 Å². The Kier molecular flexibility index (Phi) is 3.53. The minimum absolute atomic E-state index is 0.0436. The molecule has 0 amide bonds. The van der Waals surface area contributed by atoms with Gasteiger partial charge in [-0.3, -0.25) is 4.79 Å². The lowest BCUT2D eigenvalue weighted by Crippen LogP contribution is -2.15. The highest BCUT2D eigenvalue weighted by Gasteiger charge is 2.30. The Labute approximate surface area is 72.7 Å². The molecule has 1 aliphatic carbocycles. The maximum atomic E-state index is 11.2. The summed E-state index contributed by atoms with van der Waals surface area (Å²) in [5.41, 5.74) is 0. The first-order valence-corrected chi connectivity index (χ1v) is 4.55.